The third kappa shape index (κ3) is 2.99. The number of carbonyl (C=O) groups is 1. The van der Waals surface area contributed by atoms with Crippen LogP contribution < -0.4 is 5.32 Å². The molecule has 1 aliphatic rings. The highest BCUT2D eigenvalue weighted by Gasteiger charge is 2.36. The Balaban J connectivity index is 2.04. The van der Waals surface area contributed by atoms with Crippen LogP contribution in [0, 0.1) is 0 Å². The van der Waals surface area contributed by atoms with Gasteiger partial charge in [-0.1, -0.05) is 0 Å². The van der Waals surface area contributed by atoms with E-state index in [4.69, 9.17) is 0 Å². The van der Waals surface area contributed by atoms with E-state index in [1.54, 1.807) is 17.6 Å². The summed E-state index contributed by atoms with van der Waals surface area (Å²) >= 11 is 1.63. The fourth-order valence-electron chi connectivity index (χ4n) is 2.16. The molecule has 0 bridgehead atoms. The lowest BCUT2D eigenvalue weighted by Crippen LogP contribution is -2.32. The van der Waals surface area contributed by atoms with Crippen LogP contribution in [-0.2, 0) is 15.6 Å². The number of carbonyl (C=O) groups excluding carboxylic acids is 1. The zero-order valence-corrected chi connectivity index (χ0v) is 12.2. The largest absolute Gasteiger partial charge is 0.322 e. The Kier molecular flexibility index (Phi) is 4.53. The molecule has 1 fully saturated rings. The van der Waals surface area contributed by atoms with Crippen molar-refractivity contribution in [3.05, 3.63) is 22.4 Å². The minimum atomic E-state index is -0.790. The first-order valence-corrected chi connectivity index (χ1v) is 8.65. The Bertz CT molecular complexity index is 433. The highest BCUT2D eigenvalue weighted by molar-refractivity contribution is 7.84. The molecule has 0 spiro atoms. The lowest BCUT2D eigenvalue weighted by Gasteiger charge is -2.23. The van der Waals surface area contributed by atoms with E-state index in [1.807, 2.05) is 23.3 Å². The second-order valence-corrected chi connectivity index (χ2v) is 6.84. The van der Waals surface area contributed by atoms with Gasteiger partial charge in [-0.15, -0.1) is 0 Å². The number of nitrogens with zero attached hydrogens (tertiary/aromatic N) is 1. The predicted octanol–water partition coefficient (Wildman–Crippen LogP) is 1.34. The molecular formula is C12H18N2O2S2. The second kappa shape index (κ2) is 5.95. The Labute approximate surface area is 114 Å². The lowest BCUT2D eigenvalue weighted by atomic mass is 10.2. The molecule has 100 valence electrons. The summed E-state index contributed by atoms with van der Waals surface area (Å²) in [6.07, 6.45) is 2.46. The smallest absolute Gasteiger partial charge is 0.241 e. The van der Waals surface area contributed by atoms with Gasteiger partial charge < -0.3 is 4.90 Å². The minimum absolute atomic E-state index is 0.0240. The van der Waals surface area contributed by atoms with Gasteiger partial charge in [0.15, 0.2) is 0 Å². The molecule has 0 radical (unpaired) electrons. The molecule has 2 heterocycles. The highest BCUT2D eigenvalue weighted by atomic mass is 32.2. The van der Waals surface area contributed by atoms with Crippen LogP contribution in [0.1, 0.15) is 25.1 Å². The number of nitrogens with one attached hydrogen (secondary N) is 1. The maximum absolute atomic E-state index is 12.1. The molecule has 1 saturated heterocycles. The summed E-state index contributed by atoms with van der Waals surface area (Å²) in [7, 11) is -0.790. The van der Waals surface area contributed by atoms with Gasteiger partial charge in [0.05, 0.1) is 6.04 Å². The van der Waals surface area contributed by atoms with Gasteiger partial charge in [0.2, 0.25) is 5.91 Å². The molecule has 3 atom stereocenters. The predicted molar refractivity (Wildman–Crippen MR) is 74.9 cm³/mol. The standard InChI is InChI=1S/C12H18N2O2S2/c1-9-12(15)14(5-3-7-18(2)16)11(13-9)10-4-6-17-8-10/h4,6,8-9,11,13H,3,5,7H2,1-2H3. The van der Waals surface area contributed by atoms with Gasteiger partial charge in [0.25, 0.3) is 0 Å². The van der Waals surface area contributed by atoms with E-state index < -0.39 is 10.8 Å². The Morgan fingerprint density at radius 1 is 1.56 bits per heavy atom. The molecule has 4 nitrogen and oxygen atoms in total. The molecule has 1 amide bonds. The fourth-order valence-corrected chi connectivity index (χ4v) is 3.37. The van der Waals surface area contributed by atoms with Gasteiger partial charge in [0.1, 0.15) is 6.17 Å². The third-order valence-corrected chi connectivity index (χ3v) is 4.63. The topological polar surface area (TPSA) is 49.4 Å². The van der Waals surface area contributed by atoms with Crippen LogP contribution >= 0.6 is 11.3 Å². The van der Waals surface area contributed by atoms with Gasteiger partial charge in [0, 0.05) is 29.4 Å². The van der Waals surface area contributed by atoms with E-state index in [2.05, 4.69) is 10.7 Å². The highest BCUT2D eigenvalue weighted by Crippen LogP contribution is 2.26. The maximum atomic E-state index is 12.1. The average Bonchev–Trinajstić information content (AvgIpc) is 2.91. The first-order chi connectivity index (χ1) is 8.59. The van der Waals surface area contributed by atoms with Crippen molar-refractivity contribution in [3.8, 4) is 0 Å². The van der Waals surface area contributed by atoms with Crippen LogP contribution in [0.25, 0.3) is 0 Å². The Morgan fingerprint density at radius 2 is 2.33 bits per heavy atom. The number of hydrogen-bond acceptors (Lipinski definition) is 4. The number of hydrogen-bond donors (Lipinski definition) is 1. The van der Waals surface area contributed by atoms with E-state index in [-0.39, 0.29) is 18.1 Å². The van der Waals surface area contributed by atoms with E-state index >= 15 is 0 Å². The van der Waals surface area contributed by atoms with Crippen molar-refractivity contribution in [2.24, 2.45) is 0 Å². The van der Waals surface area contributed by atoms with E-state index in [0.29, 0.717) is 12.3 Å². The van der Waals surface area contributed by atoms with Crippen LogP contribution in [0.3, 0.4) is 0 Å². The molecule has 0 aromatic carbocycles. The third-order valence-electron chi connectivity index (χ3n) is 3.06. The number of thiophene rings is 1. The van der Waals surface area contributed by atoms with Gasteiger partial charge >= 0.3 is 0 Å². The summed E-state index contributed by atoms with van der Waals surface area (Å²) in [5.74, 6) is 0.780. The summed E-state index contributed by atoms with van der Waals surface area (Å²) < 4.78 is 11.1. The Morgan fingerprint density at radius 3 is 2.94 bits per heavy atom. The summed E-state index contributed by atoms with van der Waals surface area (Å²) in [4.78, 5) is 13.9. The van der Waals surface area contributed by atoms with Crippen LogP contribution in [-0.4, -0.2) is 39.6 Å². The molecule has 1 aromatic heterocycles. The van der Waals surface area contributed by atoms with Gasteiger partial charge in [-0.3, -0.25) is 14.3 Å². The zero-order chi connectivity index (χ0) is 13.1. The van der Waals surface area contributed by atoms with Crippen molar-refractivity contribution in [1.29, 1.82) is 0 Å². The zero-order valence-electron chi connectivity index (χ0n) is 10.6. The molecule has 0 saturated carbocycles. The van der Waals surface area contributed by atoms with Crippen LogP contribution in [0.4, 0.5) is 0 Å². The van der Waals surface area contributed by atoms with Crippen LogP contribution in [0.15, 0.2) is 16.8 Å². The van der Waals surface area contributed by atoms with Crippen LogP contribution in [0.2, 0.25) is 0 Å². The van der Waals surface area contributed by atoms with E-state index in [9.17, 15) is 9.00 Å². The first-order valence-electron chi connectivity index (χ1n) is 5.98. The van der Waals surface area contributed by atoms with Gasteiger partial charge in [-0.2, -0.15) is 11.3 Å². The molecular weight excluding hydrogens is 268 g/mol. The van der Waals surface area contributed by atoms with E-state index in [0.717, 1.165) is 12.0 Å². The molecule has 6 heteroatoms. The molecule has 1 aromatic rings. The fraction of sp³-hybridized carbons (Fsp3) is 0.583. The Hall–Kier alpha value is -0.720. The molecule has 1 aliphatic heterocycles. The monoisotopic (exact) mass is 286 g/mol. The van der Waals surface area contributed by atoms with Crippen molar-refractivity contribution in [3.63, 3.8) is 0 Å². The summed E-state index contributed by atoms with van der Waals surface area (Å²) in [5, 5.41) is 7.38. The van der Waals surface area contributed by atoms with Gasteiger partial charge in [-0.05, 0) is 35.7 Å². The van der Waals surface area contributed by atoms with Crippen molar-refractivity contribution >= 4 is 28.0 Å². The van der Waals surface area contributed by atoms with Crippen molar-refractivity contribution in [2.45, 2.75) is 25.6 Å². The van der Waals surface area contributed by atoms with Gasteiger partial charge in [-0.25, -0.2) is 0 Å². The summed E-state index contributed by atoms with van der Waals surface area (Å²) in [6, 6.07) is 1.90. The van der Waals surface area contributed by atoms with Crippen molar-refractivity contribution in [2.75, 3.05) is 18.6 Å². The molecule has 2 rings (SSSR count). The summed E-state index contributed by atoms with van der Waals surface area (Å²) in [6.45, 7) is 2.55. The van der Waals surface area contributed by atoms with Crippen molar-refractivity contribution < 1.29 is 9.00 Å². The number of rotatable bonds is 5. The average molecular weight is 286 g/mol. The van der Waals surface area contributed by atoms with E-state index in [1.165, 1.54) is 0 Å². The quantitative estimate of drug-likeness (QED) is 0.888. The molecule has 3 unspecified atom stereocenters. The summed E-state index contributed by atoms with van der Waals surface area (Å²) in [5.41, 5.74) is 1.13. The number of amides is 1. The molecule has 1 N–H and O–H groups in total. The maximum Gasteiger partial charge on any atom is 0.241 e. The normalized spacial score (nSPS) is 25.7. The van der Waals surface area contributed by atoms with Crippen molar-refractivity contribution in [1.82, 2.24) is 10.2 Å². The molecule has 0 aliphatic carbocycles. The second-order valence-electron chi connectivity index (χ2n) is 4.51. The first kappa shape index (κ1) is 13.7. The SMILES string of the molecule is CC1NC(c2ccsc2)N(CCCS(C)=O)C1=O. The van der Waals surface area contributed by atoms with Crippen LogP contribution in [0.5, 0.6) is 0 Å². The minimum Gasteiger partial charge on any atom is -0.322 e. The molecule has 18 heavy (non-hydrogen) atoms. The lowest BCUT2D eigenvalue weighted by molar-refractivity contribution is -0.129.